The van der Waals surface area contributed by atoms with Crippen molar-refractivity contribution in [3.8, 4) is 0 Å². The summed E-state index contributed by atoms with van der Waals surface area (Å²) in [5.41, 5.74) is 6.05. The maximum atomic E-state index is 11.2. The Morgan fingerprint density at radius 2 is 2.47 bits per heavy atom. The summed E-state index contributed by atoms with van der Waals surface area (Å²) < 4.78 is 4.60. The monoisotopic (exact) mass is 209 g/mol. The molecule has 0 saturated heterocycles. The summed E-state index contributed by atoms with van der Waals surface area (Å²) in [5, 5.41) is 3.02. The van der Waals surface area contributed by atoms with E-state index < -0.39 is 0 Å². The number of nitrogens with zero attached hydrogens (tertiary/aromatic N) is 1. The Morgan fingerprint density at radius 1 is 1.73 bits per heavy atom. The lowest BCUT2D eigenvalue weighted by Crippen LogP contribution is -2.25. The fraction of sp³-hybridized carbons (Fsp3) is 0.400. The second kappa shape index (κ2) is 5.31. The largest absolute Gasteiger partial charge is 0.465 e. The molecule has 1 rings (SSSR count). The molecule has 0 fully saturated rings. The van der Waals surface area contributed by atoms with Crippen LogP contribution in [0.25, 0.3) is 0 Å². The van der Waals surface area contributed by atoms with Gasteiger partial charge in [-0.15, -0.1) is 0 Å². The minimum atomic E-state index is -0.374. The van der Waals surface area contributed by atoms with E-state index in [0.717, 1.165) is 0 Å². The standard InChI is InChI=1S/C10H15N3O2/c1-7(11)6-13-9-5-8(3-4-12-9)10(14)15-2/h3-5,7H,6,11H2,1-2H3,(H,12,13). The van der Waals surface area contributed by atoms with Gasteiger partial charge in [-0.25, -0.2) is 9.78 Å². The highest BCUT2D eigenvalue weighted by atomic mass is 16.5. The van der Waals surface area contributed by atoms with Crippen LogP contribution in [0.4, 0.5) is 5.82 Å². The molecule has 0 aromatic carbocycles. The number of carbonyl (C=O) groups is 1. The Labute approximate surface area is 88.6 Å². The SMILES string of the molecule is COC(=O)c1ccnc(NCC(C)N)c1. The number of aromatic nitrogens is 1. The number of hydrogen-bond donors (Lipinski definition) is 2. The summed E-state index contributed by atoms with van der Waals surface area (Å²) in [6, 6.07) is 3.27. The van der Waals surface area contributed by atoms with Crippen molar-refractivity contribution in [1.29, 1.82) is 0 Å². The Balaban J connectivity index is 2.70. The van der Waals surface area contributed by atoms with Crippen LogP contribution in [0.3, 0.4) is 0 Å². The summed E-state index contributed by atoms with van der Waals surface area (Å²) in [6.45, 7) is 2.49. The van der Waals surface area contributed by atoms with E-state index in [4.69, 9.17) is 5.73 Å². The second-order valence-corrected chi connectivity index (χ2v) is 3.28. The number of ether oxygens (including phenoxy) is 1. The Hall–Kier alpha value is -1.62. The normalized spacial score (nSPS) is 11.9. The minimum Gasteiger partial charge on any atom is -0.465 e. The first-order valence-electron chi connectivity index (χ1n) is 4.67. The van der Waals surface area contributed by atoms with Crippen molar-refractivity contribution in [3.05, 3.63) is 23.9 Å². The molecule has 1 unspecified atom stereocenters. The lowest BCUT2D eigenvalue weighted by Gasteiger charge is -2.08. The number of pyridine rings is 1. The number of nitrogens with one attached hydrogen (secondary N) is 1. The molecule has 82 valence electrons. The van der Waals surface area contributed by atoms with Crippen LogP contribution >= 0.6 is 0 Å². The first kappa shape index (κ1) is 11.5. The number of methoxy groups -OCH3 is 1. The number of rotatable bonds is 4. The van der Waals surface area contributed by atoms with E-state index in [9.17, 15) is 4.79 Å². The molecule has 0 amide bonds. The van der Waals surface area contributed by atoms with Gasteiger partial charge in [-0.2, -0.15) is 0 Å². The van der Waals surface area contributed by atoms with Crippen molar-refractivity contribution >= 4 is 11.8 Å². The van der Waals surface area contributed by atoms with Crippen LogP contribution in [0, 0.1) is 0 Å². The van der Waals surface area contributed by atoms with E-state index in [1.807, 2.05) is 6.92 Å². The lowest BCUT2D eigenvalue weighted by molar-refractivity contribution is 0.0600. The molecule has 0 aliphatic rings. The zero-order valence-corrected chi connectivity index (χ0v) is 8.86. The zero-order valence-electron chi connectivity index (χ0n) is 8.86. The van der Waals surface area contributed by atoms with Gasteiger partial charge in [0.05, 0.1) is 12.7 Å². The molecular formula is C10H15N3O2. The van der Waals surface area contributed by atoms with Gasteiger partial charge in [0.15, 0.2) is 0 Å². The second-order valence-electron chi connectivity index (χ2n) is 3.28. The van der Waals surface area contributed by atoms with E-state index in [1.165, 1.54) is 7.11 Å². The van der Waals surface area contributed by atoms with E-state index >= 15 is 0 Å². The van der Waals surface area contributed by atoms with Gasteiger partial charge in [0, 0.05) is 18.8 Å². The van der Waals surface area contributed by atoms with Crippen molar-refractivity contribution in [2.45, 2.75) is 13.0 Å². The first-order valence-corrected chi connectivity index (χ1v) is 4.67. The fourth-order valence-electron chi connectivity index (χ4n) is 1.04. The molecule has 0 radical (unpaired) electrons. The number of esters is 1. The first-order chi connectivity index (χ1) is 7.13. The Kier molecular flexibility index (Phi) is 4.05. The molecule has 1 atom stereocenters. The molecule has 0 saturated carbocycles. The van der Waals surface area contributed by atoms with Gasteiger partial charge in [0.2, 0.25) is 0 Å². The van der Waals surface area contributed by atoms with Gasteiger partial charge in [-0.3, -0.25) is 0 Å². The number of hydrogen-bond acceptors (Lipinski definition) is 5. The molecule has 0 aliphatic carbocycles. The predicted octanol–water partition coefficient (Wildman–Crippen LogP) is 0.627. The van der Waals surface area contributed by atoms with Crippen LogP contribution in [0.1, 0.15) is 17.3 Å². The van der Waals surface area contributed by atoms with Gasteiger partial charge in [-0.05, 0) is 19.1 Å². The third kappa shape index (κ3) is 3.55. The quantitative estimate of drug-likeness (QED) is 0.711. The molecule has 1 aromatic heterocycles. The fourth-order valence-corrected chi connectivity index (χ4v) is 1.04. The molecule has 15 heavy (non-hydrogen) atoms. The summed E-state index contributed by atoms with van der Waals surface area (Å²) >= 11 is 0. The number of carbonyl (C=O) groups excluding carboxylic acids is 1. The summed E-state index contributed by atoms with van der Waals surface area (Å²) in [4.78, 5) is 15.3. The summed E-state index contributed by atoms with van der Waals surface area (Å²) in [6.07, 6.45) is 1.55. The van der Waals surface area contributed by atoms with Crippen molar-refractivity contribution in [2.75, 3.05) is 19.0 Å². The third-order valence-electron chi connectivity index (χ3n) is 1.79. The molecule has 5 nitrogen and oxygen atoms in total. The topological polar surface area (TPSA) is 77.2 Å². The predicted molar refractivity (Wildman–Crippen MR) is 57.7 cm³/mol. The van der Waals surface area contributed by atoms with Gasteiger partial charge in [0.25, 0.3) is 0 Å². The van der Waals surface area contributed by atoms with E-state index in [1.54, 1.807) is 18.3 Å². The van der Waals surface area contributed by atoms with Crippen LogP contribution in [-0.4, -0.2) is 30.6 Å². The molecule has 0 bridgehead atoms. The molecule has 0 spiro atoms. The average molecular weight is 209 g/mol. The minimum absolute atomic E-state index is 0.0357. The smallest absolute Gasteiger partial charge is 0.338 e. The van der Waals surface area contributed by atoms with Gasteiger partial charge in [0.1, 0.15) is 5.82 Å². The molecule has 0 aliphatic heterocycles. The van der Waals surface area contributed by atoms with Crippen molar-refractivity contribution in [1.82, 2.24) is 4.98 Å². The van der Waals surface area contributed by atoms with Gasteiger partial charge in [-0.1, -0.05) is 0 Å². The summed E-state index contributed by atoms with van der Waals surface area (Å²) in [7, 11) is 1.35. The molecule has 3 N–H and O–H groups in total. The van der Waals surface area contributed by atoms with Crippen molar-refractivity contribution in [2.24, 2.45) is 5.73 Å². The highest BCUT2D eigenvalue weighted by Crippen LogP contribution is 2.07. The number of anilines is 1. The van der Waals surface area contributed by atoms with Crippen LogP contribution in [0.2, 0.25) is 0 Å². The Bertz CT molecular complexity index is 339. The van der Waals surface area contributed by atoms with Crippen LogP contribution in [0.5, 0.6) is 0 Å². The van der Waals surface area contributed by atoms with Crippen LogP contribution in [-0.2, 0) is 4.74 Å². The molecular weight excluding hydrogens is 194 g/mol. The number of nitrogens with two attached hydrogens (primary N) is 1. The lowest BCUT2D eigenvalue weighted by atomic mass is 10.2. The molecule has 5 heteroatoms. The molecule has 1 heterocycles. The Morgan fingerprint density at radius 3 is 3.07 bits per heavy atom. The van der Waals surface area contributed by atoms with Crippen LogP contribution < -0.4 is 11.1 Å². The van der Waals surface area contributed by atoms with E-state index in [-0.39, 0.29) is 12.0 Å². The highest BCUT2D eigenvalue weighted by molar-refractivity contribution is 5.89. The van der Waals surface area contributed by atoms with Crippen molar-refractivity contribution in [3.63, 3.8) is 0 Å². The van der Waals surface area contributed by atoms with Gasteiger partial charge >= 0.3 is 5.97 Å². The van der Waals surface area contributed by atoms with Gasteiger partial charge < -0.3 is 15.8 Å². The van der Waals surface area contributed by atoms with Crippen LogP contribution in [0.15, 0.2) is 18.3 Å². The average Bonchev–Trinajstić information content (AvgIpc) is 2.25. The highest BCUT2D eigenvalue weighted by Gasteiger charge is 2.06. The maximum Gasteiger partial charge on any atom is 0.338 e. The zero-order chi connectivity index (χ0) is 11.3. The van der Waals surface area contributed by atoms with E-state index in [0.29, 0.717) is 17.9 Å². The third-order valence-corrected chi connectivity index (χ3v) is 1.79. The summed E-state index contributed by atoms with van der Waals surface area (Å²) in [5.74, 6) is 0.247. The molecule has 1 aromatic rings. The maximum absolute atomic E-state index is 11.2. The van der Waals surface area contributed by atoms with Crippen molar-refractivity contribution < 1.29 is 9.53 Å². The van der Waals surface area contributed by atoms with E-state index in [2.05, 4.69) is 15.0 Å².